The molecule has 18 heavy (non-hydrogen) atoms. The standard InChI is InChI=1S/C12H16N4O2/c1-7-5-11(15-18-7)13-12(17)6-10-8(2)14-16(4)9(10)3/h5H,6H2,1-4H3,(H,13,15,17). The van der Waals surface area contributed by atoms with E-state index in [1.165, 1.54) is 0 Å². The summed E-state index contributed by atoms with van der Waals surface area (Å²) in [6.07, 6.45) is 0.289. The topological polar surface area (TPSA) is 73.0 Å². The molecule has 1 amide bonds. The molecule has 0 aromatic carbocycles. The zero-order valence-electron chi connectivity index (χ0n) is 10.9. The van der Waals surface area contributed by atoms with Gasteiger partial charge in [-0.25, -0.2) is 0 Å². The number of carbonyl (C=O) groups is 1. The first-order valence-electron chi connectivity index (χ1n) is 5.69. The van der Waals surface area contributed by atoms with Gasteiger partial charge in [0, 0.05) is 24.4 Å². The molecule has 0 bridgehead atoms. The van der Waals surface area contributed by atoms with Gasteiger partial charge in [0.2, 0.25) is 5.91 Å². The highest BCUT2D eigenvalue weighted by Crippen LogP contribution is 2.14. The van der Waals surface area contributed by atoms with Crippen molar-refractivity contribution in [3.05, 3.63) is 28.8 Å². The van der Waals surface area contributed by atoms with E-state index >= 15 is 0 Å². The fourth-order valence-corrected chi connectivity index (χ4v) is 1.85. The highest BCUT2D eigenvalue weighted by Gasteiger charge is 2.14. The summed E-state index contributed by atoms with van der Waals surface area (Å²) in [5.74, 6) is 0.984. The Balaban J connectivity index is 2.07. The second kappa shape index (κ2) is 4.64. The van der Waals surface area contributed by atoms with Crippen molar-refractivity contribution in [2.45, 2.75) is 27.2 Å². The van der Waals surface area contributed by atoms with Gasteiger partial charge in [-0.1, -0.05) is 5.16 Å². The molecule has 6 heteroatoms. The summed E-state index contributed by atoms with van der Waals surface area (Å²) >= 11 is 0. The van der Waals surface area contributed by atoms with Crippen molar-refractivity contribution < 1.29 is 9.32 Å². The van der Waals surface area contributed by atoms with Gasteiger partial charge in [-0.15, -0.1) is 0 Å². The van der Waals surface area contributed by atoms with Crippen molar-refractivity contribution in [1.29, 1.82) is 0 Å². The Morgan fingerprint density at radius 3 is 2.67 bits per heavy atom. The Hall–Kier alpha value is -2.11. The zero-order chi connectivity index (χ0) is 13.3. The van der Waals surface area contributed by atoms with Crippen molar-refractivity contribution in [3.63, 3.8) is 0 Å². The van der Waals surface area contributed by atoms with Crippen LogP contribution in [0.5, 0.6) is 0 Å². The third-order valence-electron chi connectivity index (χ3n) is 2.89. The predicted octanol–water partition coefficient (Wildman–Crippen LogP) is 1.51. The predicted molar refractivity (Wildman–Crippen MR) is 66.3 cm³/mol. The maximum absolute atomic E-state index is 11.9. The van der Waals surface area contributed by atoms with Crippen LogP contribution in [0.25, 0.3) is 0 Å². The monoisotopic (exact) mass is 248 g/mol. The number of rotatable bonds is 3. The van der Waals surface area contributed by atoms with Gasteiger partial charge >= 0.3 is 0 Å². The molecule has 2 aromatic rings. The summed E-state index contributed by atoms with van der Waals surface area (Å²) in [6.45, 7) is 5.62. The number of aryl methyl sites for hydroxylation is 3. The van der Waals surface area contributed by atoms with Crippen LogP contribution in [0.3, 0.4) is 0 Å². The number of anilines is 1. The van der Waals surface area contributed by atoms with E-state index in [0.29, 0.717) is 11.6 Å². The summed E-state index contributed by atoms with van der Waals surface area (Å²) in [7, 11) is 1.87. The molecule has 0 spiro atoms. The molecular formula is C12H16N4O2. The quantitative estimate of drug-likeness (QED) is 0.893. The van der Waals surface area contributed by atoms with Crippen LogP contribution < -0.4 is 5.32 Å². The summed E-state index contributed by atoms with van der Waals surface area (Å²) in [4.78, 5) is 11.9. The molecule has 6 nitrogen and oxygen atoms in total. The van der Waals surface area contributed by atoms with Crippen molar-refractivity contribution in [3.8, 4) is 0 Å². The number of nitrogens with one attached hydrogen (secondary N) is 1. The summed E-state index contributed by atoms with van der Waals surface area (Å²) in [5, 5.41) is 10.7. The largest absolute Gasteiger partial charge is 0.360 e. The molecule has 2 rings (SSSR count). The SMILES string of the molecule is Cc1cc(NC(=O)Cc2c(C)nn(C)c2C)no1. The first-order valence-corrected chi connectivity index (χ1v) is 5.69. The maximum atomic E-state index is 11.9. The minimum absolute atomic E-state index is 0.123. The summed E-state index contributed by atoms with van der Waals surface area (Å²) < 4.78 is 6.66. The van der Waals surface area contributed by atoms with Crippen LogP contribution in [0.1, 0.15) is 22.7 Å². The molecule has 0 radical (unpaired) electrons. The molecular weight excluding hydrogens is 232 g/mol. The third-order valence-corrected chi connectivity index (χ3v) is 2.89. The molecule has 0 fully saturated rings. The fourth-order valence-electron chi connectivity index (χ4n) is 1.85. The van der Waals surface area contributed by atoms with Crippen LogP contribution in [-0.4, -0.2) is 20.8 Å². The minimum Gasteiger partial charge on any atom is -0.360 e. The van der Waals surface area contributed by atoms with E-state index in [1.807, 2.05) is 20.9 Å². The second-order valence-corrected chi connectivity index (χ2v) is 4.32. The molecule has 0 aliphatic heterocycles. The van der Waals surface area contributed by atoms with E-state index in [-0.39, 0.29) is 12.3 Å². The van der Waals surface area contributed by atoms with E-state index in [1.54, 1.807) is 17.7 Å². The summed E-state index contributed by atoms with van der Waals surface area (Å²) in [6, 6.07) is 1.68. The van der Waals surface area contributed by atoms with Gasteiger partial charge in [-0.05, 0) is 20.8 Å². The van der Waals surface area contributed by atoms with Crippen LogP contribution in [0, 0.1) is 20.8 Å². The van der Waals surface area contributed by atoms with E-state index in [0.717, 1.165) is 17.0 Å². The van der Waals surface area contributed by atoms with Crippen LogP contribution >= 0.6 is 0 Å². The summed E-state index contributed by atoms with van der Waals surface area (Å²) in [5.41, 5.74) is 2.83. The van der Waals surface area contributed by atoms with Crippen LogP contribution in [0.2, 0.25) is 0 Å². The van der Waals surface area contributed by atoms with Crippen LogP contribution in [0.15, 0.2) is 10.6 Å². The van der Waals surface area contributed by atoms with Crippen molar-refractivity contribution in [2.24, 2.45) is 7.05 Å². The van der Waals surface area contributed by atoms with Crippen LogP contribution in [-0.2, 0) is 18.3 Å². The van der Waals surface area contributed by atoms with Gasteiger partial charge in [-0.2, -0.15) is 5.10 Å². The molecule has 0 atom stereocenters. The highest BCUT2D eigenvalue weighted by molar-refractivity contribution is 5.91. The first-order chi connectivity index (χ1) is 8.47. The van der Waals surface area contributed by atoms with Gasteiger partial charge in [-0.3, -0.25) is 9.48 Å². The molecule has 0 saturated carbocycles. The van der Waals surface area contributed by atoms with E-state index < -0.39 is 0 Å². The normalized spacial score (nSPS) is 10.7. The highest BCUT2D eigenvalue weighted by atomic mass is 16.5. The lowest BCUT2D eigenvalue weighted by molar-refractivity contribution is -0.115. The average molecular weight is 248 g/mol. The lowest BCUT2D eigenvalue weighted by Gasteiger charge is -2.02. The Morgan fingerprint density at radius 2 is 2.17 bits per heavy atom. The molecule has 2 heterocycles. The van der Waals surface area contributed by atoms with Crippen molar-refractivity contribution >= 4 is 11.7 Å². The number of nitrogens with zero attached hydrogens (tertiary/aromatic N) is 3. The van der Waals surface area contributed by atoms with E-state index in [2.05, 4.69) is 15.6 Å². The molecule has 96 valence electrons. The Kier molecular flexibility index (Phi) is 3.18. The maximum Gasteiger partial charge on any atom is 0.230 e. The number of carbonyl (C=O) groups excluding carboxylic acids is 1. The lowest BCUT2D eigenvalue weighted by atomic mass is 10.1. The minimum atomic E-state index is -0.123. The van der Waals surface area contributed by atoms with Crippen molar-refractivity contribution in [1.82, 2.24) is 14.9 Å². The van der Waals surface area contributed by atoms with Gasteiger partial charge < -0.3 is 9.84 Å². The molecule has 0 saturated heterocycles. The van der Waals surface area contributed by atoms with Gasteiger partial charge in [0.1, 0.15) is 5.76 Å². The molecule has 0 aliphatic rings. The fraction of sp³-hybridized carbons (Fsp3) is 0.417. The van der Waals surface area contributed by atoms with Gasteiger partial charge in [0.25, 0.3) is 0 Å². The third kappa shape index (κ3) is 2.42. The van der Waals surface area contributed by atoms with Gasteiger partial charge in [0.15, 0.2) is 5.82 Å². The first kappa shape index (κ1) is 12.3. The number of hydrogen-bond donors (Lipinski definition) is 1. The number of amides is 1. The van der Waals surface area contributed by atoms with Crippen molar-refractivity contribution in [2.75, 3.05) is 5.32 Å². The average Bonchev–Trinajstić information content (AvgIpc) is 2.78. The second-order valence-electron chi connectivity index (χ2n) is 4.32. The molecule has 0 aliphatic carbocycles. The zero-order valence-corrected chi connectivity index (χ0v) is 10.9. The number of hydrogen-bond acceptors (Lipinski definition) is 4. The van der Waals surface area contributed by atoms with Crippen LogP contribution in [0.4, 0.5) is 5.82 Å². The smallest absolute Gasteiger partial charge is 0.230 e. The number of aromatic nitrogens is 3. The molecule has 1 N–H and O–H groups in total. The lowest BCUT2D eigenvalue weighted by Crippen LogP contribution is -2.15. The van der Waals surface area contributed by atoms with E-state index in [9.17, 15) is 4.79 Å². The Bertz CT molecular complexity index is 583. The van der Waals surface area contributed by atoms with Gasteiger partial charge in [0.05, 0.1) is 12.1 Å². The van der Waals surface area contributed by atoms with E-state index in [4.69, 9.17) is 4.52 Å². The Morgan fingerprint density at radius 1 is 1.44 bits per heavy atom. The molecule has 2 aromatic heterocycles. The molecule has 0 unspecified atom stereocenters. The Labute approximate surface area is 105 Å².